The predicted octanol–water partition coefficient (Wildman–Crippen LogP) is -2.24. The lowest BCUT2D eigenvalue weighted by molar-refractivity contribution is -0.728. The summed E-state index contributed by atoms with van der Waals surface area (Å²) >= 11 is 0. The molecular formula is C22H31N7O16P3+. The summed E-state index contributed by atoms with van der Waals surface area (Å²) in [5.74, 6) is -1.77. The summed E-state index contributed by atoms with van der Waals surface area (Å²) < 4.78 is 63.5. The van der Waals surface area contributed by atoms with Crippen LogP contribution in [-0.4, -0.2) is 104 Å². The Morgan fingerprint density at radius 2 is 1.71 bits per heavy atom. The van der Waals surface area contributed by atoms with Gasteiger partial charge in [0.15, 0.2) is 36.1 Å². The Bertz CT molecular complexity index is 1810. The molecule has 48 heavy (non-hydrogen) atoms. The van der Waals surface area contributed by atoms with Gasteiger partial charge in [-0.3, -0.25) is 22.9 Å². The highest BCUT2D eigenvalue weighted by Crippen LogP contribution is 2.61. The van der Waals surface area contributed by atoms with Gasteiger partial charge in [-0.15, -0.1) is 0 Å². The zero-order valence-electron chi connectivity index (χ0n) is 24.2. The number of aromatic nitrogens is 5. The van der Waals surface area contributed by atoms with Gasteiger partial charge in [0.25, 0.3) is 5.91 Å². The van der Waals surface area contributed by atoms with Crippen LogP contribution in [0.15, 0.2) is 37.2 Å². The maximum absolute atomic E-state index is 12.6. The number of fused-ring (bicyclic) bond motifs is 1. The second-order valence-electron chi connectivity index (χ2n) is 10.8. The maximum Gasteiger partial charge on any atom is 0.481 e. The molecule has 3 aromatic heterocycles. The van der Waals surface area contributed by atoms with Crippen molar-refractivity contribution in [3.05, 3.63) is 42.7 Å². The van der Waals surface area contributed by atoms with E-state index in [4.69, 9.17) is 29.8 Å². The van der Waals surface area contributed by atoms with Gasteiger partial charge in [-0.05, 0) is 6.07 Å². The number of pyridine rings is 1. The van der Waals surface area contributed by atoms with Crippen molar-refractivity contribution in [2.75, 3.05) is 18.9 Å². The minimum Gasteiger partial charge on any atom is -0.390 e. The predicted molar refractivity (Wildman–Crippen MR) is 154 cm³/mol. The van der Waals surface area contributed by atoms with Gasteiger partial charge in [0.05, 0.1) is 25.6 Å². The summed E-state index contributed by atoms with van der Waals surface area (Å²) in [7, 11) is -16.1. The van der Waals surface area contributed by atoms with Crippen LogP contribution >= 0.6 is 23.5 Å². The lowest BCUT2D eigenvalue weighted by atomic mass is 10.1. The highest BCUT2D eigenvalue weighted by atomic mass is 31.3. The van der Waals surface area contributed by atoms with Gasteiger partial charge < -0.3 is 51.1 Å². The fourth-order valence-electron chi connectivity index (χ4n) is 5.35. The fraction of sp³-hybridized carbons (Fsp3) is 0.500. The first-order valence-electron chi connectivity index (χ1n) is 13.7. The average Bonchev–Trinajstić information content (AvgIpc) is 3.64. The number of phosphoric ester groups is 3. The molecule has 1 aliphatic heterocycles. The van der Waals surface area contributed by atoms with E-state index >= 15 is 0 Å². The molecule has 0 aromatic carbocycles. The Labute approximate surface area is 269 Å². The molecule has 2 unspecified atom stereocenters. The molecule has 11 N–H and O–H groups in total. The molecule has 1 amide bonds. The molecule has 23 nitrogen and oxygen atoms in total. The van der Waals surface area contributed by atoms with E-state index in [1.54, 1.807) is 0 Å². The van der Waals surface area contributed by atoms with Gasteiger partial charge >= 0.3 is 23.5 Å². The third-order valence-electron chi connectivity index (χ3n) is 7.55. The number of aliphatic hydroxyl groups is 3. The number of aliphatic hydroxyl groups excluding tert-OH is 3. The van der Waals surface area contributed by atoms with Crippen LogP contribution in [0.5, 0.6) is 0 Å². The van der Waals surface area contributed by atoms with Gasteiger partial charge in [0, 0.05) is 18.4 Å². The summed E-state index contributed by atoms with van der Waals surface area (Å²) in [4.78, 5) is 62.3. The second-order valence-corrected chi connectivity index (χ2v) is 15.0. The van der Waals surface area contributed by atoms with Crippen LogP contribution in [0.25, 0.3) is 11.2 Å². The van der Waals surface area contributed by atoms with E-state index in [-0.39, 0.29) is 29.0 Å². The first-order valence-corrected chi connectivity index (χ1v) is 18.2. The molecule has 3 aromatic rings. The summed E-state index contributed by atoms with van der Waals surface area (Å²) in [6.07, 6.45) is -4.85. The number of carbonyl (C=O) groups excluding carboxylic acids is 1. The van der Waals surface area contributed by atoms with E-state index in [1.165, 1.54) is 29.1 Å². The molecule has 1 aliphatic carbocycles. The summed E-state index contributed by atoms with van der Waals surface area (Å²) in [6.45, 7) is -1.79. The number of carbonyl (C=O) groups is 1. The Morgan fingerprint density at radius 3 is 2.38 bits per heavy atom. The van der Waals surface area contributed by atoms with Crippen LogP contribution in [0.1, 0.15) is 29.0 Å². The number of hydrogen-bond donors (Lipinski definition) is 9. The third kappa shape index (κ3) is 8.13. The number of imidazole rings is 1. The molecule has 0 bridgehead atoms. The SMILES string of the molecule is NC(=O)c1ccc[n+]([C@@H]2C[C@H](COP(=O)(O)OP(=O)(O)OC[C@H]3O[C@@H](n4cnc5c(N)ncnc54)[C@H](OP(=O)(O)O)[C@@H]3O)[C@@H](O)[C@H]2O)c1. The van der Waals surface area contributed by atoms with Crippen LogP contribution in [0, 0.1) is 5.92 Å². The van der Waals surface area contributed by atoms with Crippen LogP contribution < -0.4 is 16.0 Å². The topological polar surface area (TPSA) is 356 Å². The Morgan fingerprint density at radius 1 is 1.02 bits per heavy atom. The molecule has 264 valence electrons. The lowest BCUT2D eigenvalue weighted by Crippen LogP contribution is -2.45. The normalized spacial score (nSPS) is 30.3. The molecule has 5 rings (SSSR count). The summed E-state index contributed by atoms with van der Waals surface area (Å²) in [5, 5.41) is 31.8. The van der Waals surface area contributed by atoms with Crippen molar-refractivity contribution in [1.29, 1.82) is 0 Å². The molecular weight excluding hydrogens is 711 g/mol. The van der Waals surface area contributed by atoms with E-state index < -0.39 is 91.3 Å². The zero-order valence-corrected chi connectivity index (χ0v) is 26.9. The second kappa shape index (κ2) is 13.8. The van der Waals surface area contributed by atoms with E-state index in [2.05, 4.69) is 19.3 Å². The van der Waals surface area contributed by atoms with Crippen LogP contribution in [0.4, 0.5) is 5.82 Å². The van der Waals surface area contributed by atoms with Crippen molar-refractivity contribution >= 4 is 46.4 Å². The lowest BCUT2D eigenvalue weighted by Gasteiger charge is -2.22. The number of nitrogens with two attached hydrogens (primary N) is 2. The van der Waals surface area contributed by atoms with E-state index in [0.717, 1.165) is 17.2 Å². The molecule has 2 fully saturated rings. The highest BCUT2D eigenvalue weighted by molar-refractivity contribution is 7.61. The van der Waals surface area contributed by atoms with Gasteiger partial charge in [-0.2, -0.15) is 8.88 Å². The first kappa shape index (κ1) is 36.5. The number of primary amides is 1. The number of anilines is 1. The van der Waals surface area contributed by atoms with Crippen molar-refractivity contribution in [3.8, 4) is 0 Å². The minimum atomic E-state index is -5.48. The molecule has 26 heteroatoms. The minimum absolute atomic E-state index is 0.0131. The summed E-state index contributed by atoms with van der Waals surface area (Å²) in [5.41, 5.74) is 11.3. The van der Waals surface area contributed by atoms with Crippen molar-refractivity contribution in [3.63, 3.8) is 0 Å². The van der Waals surface area contributed by atoms with Crippen LogP contribution in [0.3, 0.4) is 0 Å². The Kier molecular flexibility index (Phi) is 10.5. The number of rotatable bonds is 13. The number of amides is 1. The number of phosphoric acid groups is 3. The van der Waals surface area contributed by atoms with Crippen molar-refractivity contribution in [2.24, 2.45) is 11.7 Å². The van der Waals surface area contributed by atoms with E-state index in [1.807, 2.05) is 0 Å². The number of nitrogens with zero attached hydrogens (tertiary/aromatic N) is 5. The molecule has 2 aliphatic rings. The summed E-state index contributed by atoms with van der Waals surface area (Å²) in [6, 6.07) is 2.12. The zero-order chi connectivity index (χ0) is 35.2. The number of ether oxygens (including phenoxy) is 1. The van der Waals surface area contributed by atoms with Crippen LogP contribution in [0.2, 0.25) is 0 Å². The largest absolute Gasteiger partial charge is 0.481 e. The molecule has 1 saturated carbocycles. The first-order chi connectivity index (χ1) is 22.4. The standard InChI is InChI=1S/C22H30N7O16P3/c23-19-14-21(26-8-25-19)29(9-27-14)22-18(44-46(34,35)36)17(32)13(43-22)7-42-48(39,40)45-47(37,38)41-6-11-4-12(16(31)15(11)30)28-3-1-2-10(5-28)20(24)33/h1-3,5,8-9,11-13,15-18,22,30-32H,4,6-7H2,(H7-,23,24,25,26,33,34,35,36,37,38,39,40)/p+1/t11-,12-,13-,15-,16+,17-,18-,22-/m1/s1. The fourth-order valence-corrected chi connectivity index (χ4v) is 8.03. The molecule has 1 saturated heterocycles. The molecule has 0 spiro atoms. The molecule has 0 radical (unpaired) electrons. The average molecular weight is 742 g/mol. The highest BCUT2D eigenvalue weighted by Gasteiger charge is 2.51. The third-order valence-corrected chi connectivity index (χ3v) is 10.7. The van der Waals surface area contributed by atoms with Crippen LogP contribution in [-0.2, 0) is 36.3 Å². The maximum atomic E-state index is 12.6. The van der Waals surface area contributed by atoms with E-state index in [9.17, 15) is 53.4 Å². The van der Waals surface area contributed by atoms with Gasteiger partial charge in [-0.25, -0.2) is 28.6 Å². The van der Waals surface area contributed by atoms with Crippen molar-refractivity contribution in [2.45, 2.75) is 49.2 Å². The quantitative estimate of drug-likeness (QED) is 0.0660. The smallest absolute Gasteiger partial charge is 0.390 e. The molecule has 10 atom stereocenters. The van der Waals surface area contributed by atoms with Gasteiger partial charge in [-0.1, -0.05) is 0 Å². The molecule has 4 heterocycles. The monoisotopic (exact) mass is 742 g/mol. The van der Waals surface area contributed by atoms with Gasteiger partial charge in [0.2, 0.25) is 0 Å². The number of hydrogen-bond acceptors (Lipinski definition) is 16. The van der Waals surface area contributed by atoms with E-state index in [0.29, 0.717) is 0 Å². The Balaban J connectivity index is 1.21. The number of nitrogen functional groups attached to an aromatic ring is 1. The Hall–Kier alpha value is -2.82. The van der Waals surface area contributed by atoms with Crippen molar-refractivity contribution in [1.82, 2.24) is 19.5 Å². The van der Waals surface area contributed by atoms with Gasteiger partial charge in [0.1, 0.15) is 41.8 Å². The van der Waals surface area contributed by atoms with Crippen molar-refractivity contribution < 1.29 is 80.6 Å².